The van der Waals surface area contributed by atoms with Crippen molar-refractivity contribution < 1.29 is 18.0 Å². The summed E-state index contributed by atoms with van der Waals surface area (Å²) in [5, 5.41) is 0.368. The molecule has 0 saturated carbocycles. The molecule has 0 atom stereocenters. The van der Waals surface area contributed by atoms with E-state index in [-0.39, 0.29) is 12.4 Å². The second kappa shape index (κ2) is 6.02. The Labute approximate surface area is 151 Å². The Kier molecular flexibility index (Phi) is 3.91. The van der Waals surface area contributed by atoms with Gasteiger partial charge in [0, 0.05) is 18.0 Å². The predicted octanol–water partition coefficient (Wildman–Crippen LogP) is 3.97. The lowest BCUT2D eigenvalue weighted by Crippen LogP contribution is -2.59. The molecule has 0 radical (unpaired) electrons. The summed E-state index contributed by atoms with van der Waals surface area (Å²) in [4.78, 5) is 17.6. The van der Waals surface area contributed by atoms with Gasteiger partial charge in [0.15, 0.2) is 0 Å². The lowest BCUT2D eigenvalue weighted by atomic mass is 10.1. The normalized spacial score (nSPS) is 15.9. The Bertz CT molecular complexity index is 993. The summed E-state index contributed by atoms with van der Waals surface area (Å²) >= 11 is 6.18. The molecule has 8 heteroatoms. The predicted molar refractivity (Wildman–Crippen MR) is 91.7 cm³/mol. The number of halogens is 4. The average Bonchev–Trinajstić information content (AvgIpc) is 2.88. The minimum absolute atomic E-state index is 0.103. The molecule has 1 aliphatic heterocycles. The molecule has 26 heavy (non-hydrogen) atoms. The SMILES string of the molecule is O=C(Cn1cc(Cl)c2ncc(-c3ccc(F)cc3)cc21)N1CC(F)(F)C1. The fourth-order valence-electron chi connectivity index (χ4n) is 2.99. The number of carbonyl (C=O) groups excluding carboxylic acids is 1. The van der Waals surface area contributed by atoms with Crippen molar-refractivity contribution in [3.8, 4) is 11.1 Å². The molecule has 1 aromatic carbocycles. The van der Waals surface area contributed by atoms with E-state index in [0.717, 1.165) is 16.0 Å². The molecule has 134 valence electrons. The number of aromatic nitrogens is 2. The molecule has 3 aromatic rings. The van der Waals surface area contributed by atoms with Crippen LogP contribution in [0.3, 0.4) is 0 Å². The summed E-state index contributed by atoms with van der Waals surface area (Å²) in [7, 11) is 0. The van der Waals surface area contributed by atoms with Crippen LogP contribution in [0, 0.1) is 5.82 Å². The van der Waals surface area contributed by atoms with Crippen LogP contribution >= 0.6 is 11.6 Å². The Morgan fingerprint density at radius 1 is 1.19 bits per heavy atom. The van der Waals surface area contributed by atoms with Crippen LogP contribution in [0.4, 0.5) is 13.2 Å². The topological polar surface area (TPSA) is 38.1 Å². The lowest BCUT2D eigenvalue weighted by Gasteiger charge is -2.38. The number of rotatable bonds is 3. The minimum Gasteiger partial charge on any atom is -0.335 e. The second-order valence-corrected chi connectivity index (χ2v) is 6.72. The van der Waals surface area contributed by atoms with Gasteiger partial charge >= 0.3 is 0 Å². The molecule has 1 fully saturated rings. The Morgan fingerprint density at radius 2 is 1.88 bits per heavy atom. The van der Waals surface area contributed by atoms with E-state index in [0.29, 0.717) is 16.1 Å². The molecule has 2 aromatic heterocycles. The molecule has 0 aliphatic carbocycles. The van der Waals surface area contributed by atoms with Crippen molar-refractivity contribution >= 4 is 28.5 Å². The van der Waals surface area contributed by atoms with E-state index in [1.54, 1.807) is 35.2 Å². The van der Waals surface area contributed by atoms with Gasteiger partial charge in [-0.2, -0.15) is 0 Å². The van der Waals surface area contributed by atoms with Crippen LogP contribution in [0.25, 0.3) is 22.2 Å². The van der Waals surface area contributed by atoms with Gasteiger partial charge in [-0.05, 0) is 23.8 Å². The largest absolute Gasteiger partial charge is 0.335 e. The van der Waals surface area contributed by atoms with Crippen molar-refractivity contribution in [3.63, 3.8) is 0 Å². The molecule has 1 saturated heterocycles. The van der Waals surface area contributed by atoms with Crippen LogP contribution in [-0.2, 0) is 11.3 Å². The van der Waals surface area contributed by atoms with Gasteiger partial charge in [0.25, 0.3) is 5.92 Å². The van der Waals surface area contributed by atoms with Crippen molar-refractivity contribution in [1.29, 1.82) is 0 Å². The van der Waals surface area contributed by atoms with E-state index in [9.17, 15) is 18.0 Å². The van der Waals surface area contributed by atoms with Crippen molar-refractivity contribution in [3.05, 3.63) is 53.6 Å². The van der Waals surface area contributed by atoms with E-state index >= 15 is 0 Å². The van der Waals surface area contributed by atoms with Crippen molar-refractivity contribution in [1.82, 2.24) is 14.5 Å². The van der Waals surface area contributed by atoms with Crippen LogP contribution in [0.2, 0.25) is 5.02 Å². The molecule has 0 spiro atoms. The third-order valence-corrected chi connectivity index (χ3v) is 4.63. The van der Waals surface area contributed by atoms with Crippen LogP contribution in [0.1, 0.15) is 0 Å². The smallest absolute Gasteiger partial charge is 0.282 e. The van der Waals surface area contributed by atoms with E-state index in [1.807, 2.05) is 0 Å². The van der Waals surface area contributed by atoms with Crippen molar-refractivity contribution in [2.45, 2.75) is 12.5 Å². The number of pyridine rings is 1. The lowest BCUT2D eigenvalue weighted by molar-refractivity contribution is -0.166. The zero-order valence-corrected chi connectivity index (χ0v) is 14.2. The first-order valence-electron chi connectivity index (χ1n) is 7.88. The van der Waals surface area contributed by atoms with Crippen LogP contribution in [0.5, 0.6) is 0 Å². The average molecular weight is 380 g/mol. The molecule has 1 amide bonds. The van der Waals surface area contributed by atoms with E-state index in [1.165, 1.54) is 12.1 Å². The Hall–Kier alpha value is -2.54. The molecule has 1 aliphatic rings. The quantitative estimate of drug-likeness (QED) is 0.690. The summed E-state index contributed by atoms with van der Waals surface area (Å²) in [5.74, 6) is -3.55. The fourth-order valence-corrected chi connectivity index (χ4v) is 3.25. The number of carbonyl (C=O) groups is 1. The van der Waals surface area contributed by atoms with Gasteiger partial charge in [0.1, 0.15) is 17.9 Å². The van der Waals surface area contributed by atoms with Gasteiger partial charge in [-0.1, -0.05) is 23.7 Å². The Morgan fingerprint density at radius 3 is 2.54 bits per heavy atom. The standard InChI is InChI=1S/C18H13ClF3N3O/c19-14-7-24(8-16(26)25-9-18(21,22)10-25)15-5-12(6-23-17(14)15)11-1-3-13(20)4-2-11/h1-7H,8-10H2. The van der Waals surface area contributed by atoms with Gasteiger partial charge in [-0.25, -0.2) is 13.2 Å². The highest BCUT2D eigenvalue weighted by Crippen LogP contribution is 2.30. The first-order chi connectivity index (χ1) is 12.3. The van der Waals surface area contributed by atoms with E-state index in [2.05, 4.69) is 4.98 Å². The molecule has 0 unspecified atom stereocenters. The zero-order valence-electron chi connectivity index (χ0n) is 13.4. The van der Waals surface area contributed by atoms with Crippen molar-refractivity contribution in [2.24, 2.45) is 0 Å². The number of hydrogen-bond donors (Lipinski definition) is 0. The highest BCUT2D eigenvalue weighted by atomic mass is 35.5. The number of nitrogens with zero attached hydrogens (tertiary/aromatic N) is 3. The van der Waals surface area contributed by atoms with Gasteiger partial charge in [-0.15, -0.1) is 0 Å². The minimum atomic E-state index is -2.80. The van der Waals surface area contributed by atoms with Gasteiger partial charge < -0.3 is 9.47 Å². The highest BCUT2D eigenvalue weighted by Gasteiger charge is 2.46. The summed E-state index contributed by atoms with van der Waals surface area (Å²) in [6.45, 7) is -1.22. The first kappa shape index (κ1) is 16.9. The van der Waals surface area contributed by atoms with Crippen LogP contribution in [0.15, 0.2) is 42.7 Å². The highest BCUT2D eigenvalue weighted by molar-refractivity contribution is 6.35. The molecule has 4 rings (SSSR count). The number of benzene rings is 1. The molecule has 4 nitrogen and oxygen atoms in total. The zero-order chi connectivity index (χ0) is 18.5. The van der Waals surface area contributed by atoms with Crippen LogP contribution < -0.4 is 0 Å². The maximum absolute atomic E-state index is 13.1. The number of likely N-dealkylation sites (tertiary alicyclic amines) is 1. The van der Waals surface area contributed by atoms with Crippen molar-refractivity contribution in [2.75, 3.05) is 13.1 Å². The maximum Gasteiger partial charge on any atom is 0.282 e. The number of amides is 1. The summed E-state index contributed by atoms with van der Waals surface area (Å²) in [6, 6.07) is 7.73. The summed E-state index contributed by atoms with van der Waals surface area (Å²) in [6.07, 6.45) is 3.17. The van der Waals surface area contributed by atoms with Crippen LogP contribution in [-0.4, -0.2) is 39.4 Å². The second-order valence-electron chi connectivity index (χ2n) is 6.31. The Balaban J connectivity index is 1.65. The fraction of sp³-hybridized carbons (Fsp3) is 0.222. The van der Waals surface area contributed by atoms with E-state index in [4.69, 9.17) is 11.6 Å². The molecule has 3 heterocycles. The van der Waals surface area contributed by atoms with Gasteiger partial charge in [0.2, 0.25) is 5.91 Å². The van der Waals surface area contributed by atoms with Gasteiger partial charge in [-0.3, -0.25) is 9.78 Å². The maximum atomic E-state index is 13.1. The molecular formula is C18H13ClF3N3O. The third kappa shape index (κ3) is 3.03. The summed E-state index contributed by atoms with van der Waals surface area (Å²) in [5.41, 5.74) is 2.62. The number of hydrogen-bond acceptors (Lipinski definition) is 2. The first-order valence-corrected chi connectivity index (χ1v) is 8.26. The molecule has 0 N–H and O–H groups in total. The number of fused-ring (bicyclic) bond motifs is 1. The van der Waals surface area contributed by atoms with E-state index < -0.39 is 24.9 Å². The molecular weight excluding hydrogens is 367 g/mol. The number of alkyl halides is 2. The summed E-state index contributed by atoms with van der Waals surface area (Å²) < 4.78 is 40.6. The van der Waals surface area contributed by atoms with Gasteiger partial charge in [0.05, 0.1) is 23.6 Å². The third-order valence-electron chi connectivity index (χ3n) is 4.35. The monoisotopic (exact) mass is 379 g/mol. The molecule has 0 bridgehead atoms.